The molecule has 1 amide bonds. The van der Waals surface area contributed by atoms with Crippen molar-refractivity contribution in [3.05, 3.63) is 82.1 Å². The van der Waals surface area contributed by atoms with Gasteiger partial charge in [0.2, 0.25) is 5.78 Å². The van der Waals surface area contributed by atoms with E-state index in [2.05, 4.69) is 4.98 Å². The van der Waals surface area contributed by atoms with Crippen LogP contribution in [0.25, 0.3) is 10.6 Å². The molecule has 0 radical (unpaired) electrons. The topological polar surface area (TPSA) is 89.0 Å². The largest absolute Gasteiger partial charge is 0.503 e. The molecular formula is C26H26N2O5S. The molecule has 2 aromatic carbocycles. The maximum Gasteiger partial charge on any atom is 0.290 e. The zero-order valence-electron chi connectivity index (χ0n) is 19.3. The number of benzene rings is 2. The summed E-state index contributed by atoms with van der Waals surface area (Å²) in [6, 6.07) is 16.1. The van der Waals surface area contributed by atoms with E-state index in [9.17, 15) is 14.7 Å². The summed E-state index contributed by atoms with van der Waals surface area (Å²) in [6.45, 7) is 4.69. The molecule has 0 fully saturated rings. The third-order valence-electron chi connectivity index (χ3n) is 5.62. The molecule has 0 bridgehead atoms. The molecule has 1 unspecified atom stereocenters. The predicted octanol–water partition coefficient (Wildman–Crippen LogP) is 4.74. The summed E-state index contributed by atoms with van der Waals surface area (Å²) in [5.74, 6) is -0.841. The molecule has 1 aromatic heterocycles. The van der Waals surface area contributed by atoms with E-state index in [1.807, 2.05) is 49.4 Å². The highest BCUT2D eigenvalue weighted by molar-refractivity contribution is 7.17. The monoisotopic (exact) mass is 478 g/mol. The number of aliphatic hydroxyl groups is 1. The van der Waals surface area contributed by atoms with E-state index in [-0.39, 0.29) is 18.7 Å². The highest BCUT2D eigenvalue weighted by Gasteiger charge is 2.44. The van der Waals surface area contributed by atoms with Gasteiger partial charge in [0.1, 0.15) is 10.8 Å². The van der Waals surface area contributed by atoms with Gasteiger partial charge in [-0.2, -0.15) is 0 Å². The van der Waals surface area contributed by atoms with Gasteiger partial charge in [-0.05, 0) is 31.5 Å². The van der Waals surface area contributed by atoms with E-state index in [0.29, 0.717) is 33.5 Å². The SMILES string of the molecule is CCOc1ccc(C2C(C(=O)c3sc(-c4ccccc4)nc3C)=C(O)C(=O)N2CCOC)cc1. The van der Waals surface area contributed by atoms with Gasteiger partial charge in [-0.25, -0.2) is 4.98 Å². The first-order valence-electron chi connectivity index (χ1n) is 11.0. The number of thiazole rings is 1. The number of methoxy groups -OCH3 is 1. The minimum Gasteiger partial charge on any atom is -0.503 e. The van der Waals surface area contributed by atoms with Crippen LogP contribution in [0.3, 0.4) is 0 Å². The molecule has 1 aliphatic rings. The van der Waals surface area contributed by atoms with Crippen molar-refractivity contribution in [1.82, 2.24) is 9.88 Å². The van der Waals surface area contributed by atoms with Gasteiger partial charge in [-0.15, -0.1) is 11.3 Å². The smallest absolute Gasteiger partial charge is 0.290 e. The van der Waals surface area contributed by atoms with Crippen molar-refractivity contribution < 1.29 is 24.2 Å². The van der Waals surface area contributed by atoms with Crippen LogP contribution in [0.2, 0.25) is 0 Å². The van der Waals surface area contributed by atoms with E-state index < -0.39 is 23.5 Å². The van der Waals surface area contributed by atoms with Crippen molar-refractivity contribution in [2.45, 2.75) is 19.9 Å². The molecule has 2 heterocycles. The van der Waals surface area contributed by atoms with Gasteiger partial charge < -0.3 is 19.5 Å². The number of rotatable bonds is 9. The molecule has 4 rings (SSSR count). The molecule has 1 N–H and O–H groups in total. The second kappa shape index (κ2) is 10.2. The summed E-state index contributed by atoms with van der Waals surface area (Å²) in [5.41, 5.74) is 2.21. The number of Topliss-reactive ketones (excluding diaryl/α,β-unsaturated/α-hetero) is 1. The molecule has 0 aliphatic carbocycles. The molecular weight excluding hydrogens is 452 g/mol. The number of aromatic nitrogens is 1. The lowest BCUT2D eigenvalue weighted by Crippen LogP contribution is -2.34. The number of carbonyl (C=O) groups is 2. The second-order valence-corrected chi connectivity index (χ2v) is 8.79. The van der Waals surface area contributed by atoms with Gasteiger partial charge in [-0.1, -0.05) is 42.5 Å². The number of hydrogen-bond donors (Lipinski definition) is 1. The Hall–Kier alpha value is -3.49. The van der Waals surface area contributed by atoms with Crippen molar-refractivity contribution in [2.75, 3.05) is 26.9 Å². The predicted molar refractivity (Wildman–Crippen MR) is 130 cm³/mol. The molecule has 1 atom stereocenters. The third kappa shape index (κ3) is 4.47. The molecule has 0 saturated heterocycles. The Labute approximate surface area is 202 Å². The lowest BCUT2D eigenvalue weighted by Gasteiger charge is -2.26. The molecule has 176 valence electrons. The average Bonchev–Trinajstić information content (AvgIpc) is 3.36. The number of ether oxygens (including phenoxy) is 2. The van der Waals surface area contributed by atoms with Crippen molar-refractivity contribution >= 4 is 23.0 Å². The molecule has 0 spiro atoms. The Morgan fingerprint density at radius 2 is 1.85 bits per heavy atom. The van der Waals surface area contributed by atoms with Crippen LogP contribution in [0.15, 0.2) is 65.9 Å². The zero-order chi connectivity index (χ0) is 24.2. The summed E-state index contributed by atoms with van der Waals surface area (Å²) in [6.07, 6.45) is 0. The Balaban J connectivity index is 1.75. The summed E-state index contributed by atoms with van der Waals surface area (Å²) < 4.78 is 10.7. The normalized spacial score (nSPS) is 15.8. The number of ketones is 1. The van der Waals surface area contributed by atoms with Crippen LogP contribution < -0.4 is 4.74 Å². The minimum atomic E-state index is -0.743. The summed E-state index contributed by atoms with van der Waals surface area (Å²) >= 11 is 1.26. The summed E-state index contributed by atoms with van der Waals surface area (Å²) in [5, 5.41) is 11.5. The fourth-order valence-electron chi connectivity index (χ4n) is 4.00. The summed E-state index contributed by atoms with van der Waals surface area (Å²) in [4.78, 5) is 33.2. The van der Waals surface area contributed by atoms with Crippen molar-refractivity contribution in [1.29, 1.82) is 0 Å². The fraction of sp³-hybridized carbons (Fsp3) is 0.269. The van der Waals surface area contributed by atoms with Gasteiger partial charge in [0.25, 0.3) is 5.91 Å². The van der Waals surface area contributed by atoms with Crippen molar-refractivity contribution in [3.8, 4) is 16.3 Å². The lowest BCUT2D eigenvalue weighted by molar-refractivity contribution is -0.130. The second-order valence-electron chi connectivity index (χ2n) is 7.79. The van der Waals surface area contributed by atoms with Crippen LogP contribution in [0.4, 0.5) is 0 Å². The summed E-state index contributed by atoms with van der Waals surface area (Å²) in [7, 11) is 1.54. The highest BCUT2D eigenvalue weighted by Crippen LogP contribution is 2.41. The fourth-order valence-corrected chi connectivity index (χ4v) is 5.02. The number of carbonyl (C=O) groups excluding carboxylic acids is 2. The van der Waals surface area contributed by atoms with Crippen LogP contribution in [-0.4, -0.2) is 53.5 Å². The number of amides is 1. The van der Waals surface area contributed by atoms with Gasteiger partial charge >= 0.3 is 0 Å². The minimum absolute atomic E-state index is 0.0524. The maximum atomic E-state index is 13.8. The van der Waals surface area contributed by atoms with Gasteiger partial charge in [0.15, 0.2) is 5.76 Å². The Morgan fingerprint density at radius 3 is 2.50 bits per heavy atom. The van der Waals surface area contributed by atoms with E-state index in [1.54, 1.807) is 19.1 Å². The van der Waals surface area contributed by atoms with Gasteiger partial charge in [0.05, 0.1) is 35.4 Å². The standard InChI is InChI=1S/C26H26N2O5S/c1-4-33-19-12-10-17(11-13-19)21-20(23(30)26(31)28(21)14-15-32-3)22(29)24-16(2)27-25(34-24)18-8-6-5-7-9-18/h5-13,21,30H,4,14-15H2,1-3H3. The van der Waals surface area contributed by atoms with E-state index in [0.717, 1.165) is 5.56 Å². The average molecular weight is 479 g/mol. The molecule has 34 heavy (non-hydrogen) atoms. The highest BCUT2D eigenvalue weighted by atomic mass is 32.1. The van der Waals surface area contributed by atoms with Crippen molar-refractivity contribution in [3.63, 3.8) is 0 Å². The Bertz CT molecular complexity index is 1220. The first-order valence-corrected chi connectivity index (χ1v) is 11.8. The zero-order valence-corrected chi connectivity index (χ0v) is 20.1. The first-order chi connectivity index (χ1) is 16.5. The quantitative estimate of drug-likeness (QED) is 0.447. The number of nitrogens with zero attached hydrogens (tertiary/aromatic N) is 2. The van der Waals surface area contributed by atoms with Crippen LogP contribution >= 0.6 is 11.3 Å². The third-order valence-corrected chi connectivity index (χ3v) is 6.82. The number of hydrogen-bond acceptors (Lipinski definition) is 7. The molecule has 3 aromatic rings. The molecule has 7 nitrogen and oxygen atoms in total. The van der Waals surface area contributed by atoms with Crippen molar-refractivity contribution in [2.24, 2.45) is 0 Å². The molecule has 0 saturated carbocycles. The number of aryl methyl sites for hydroxylation is 1. The Morgan fingerprint density at radius 1 is 1.15 bits per heavy atom. The molecule has 8 heteroatoms. The van der Waals surface area contributed by atoms with Gasteiger partial charge in [-0.3, -0.25) is 9.59 Å². The maximum absolute atomic E-state index is 13.8. The van der Waals surface area contributed by atoms with E-state index in [1.165, 1.54) is 23.3 Å². The molecule has 1 aliphatic heterocycles. The van der Waals surface area contributed by atoms with Crippen LogP contribution in [0.5, 0.6) is 5.75 Å². The Kier molecular flexibility index (Phi) is 7.09. The number of aliphatic hydroxyl groups excluding tert-OH is 1. The lowest BCUT2D eigenvalue weighted by atomic mass is 9.95. The van der Waals surface area contributed by atoms with Crippen LogP contribution in [-0.2, 0) is 9.53 Å². The van der Waals surface area contributed by atoms with E-state index in [4.69, 9.17) is 9.47 Å². The first kappa shape index (κ1) is 23.7. The van der Waals surface area contributed by atoms with E-state index >= 15 is 0 Å². The van der Waals surface area contributed by atoms with Gasteiger partial charge in [0, 0.05) is 19.2 Å². The van der Waals surface area contributed by atoms with Crippen LogP contribution in [0.1, 0.15) is 33.9 Å². The van der Waals surface area contributed by atoms with Crippen LogP contribution in [0, 0.1) is 6.92 Å².